The van der Waals surface area contributed by atoms with Crippen LogP contribution in [0.4, 0.5) is 4.79 Å². The first-order valence-electron chi connectivity index (χ1n) is 11.5. The topological polar surface area (TPSA) is 38.8 Å². The molecule has 4 nitrogen and oxygen atoms in total. The van der Waals surface area contributed by atoms with Crippen molar-refractivity contribution in [3.63, 3.8) is 0 Å². The first-order chi connectivity index (χ1) is 14.1. The van der Waals surface area contributed by atoms with Crippen LogP contribution < -0.4 is 4.74 Å². The summed E-state index contributed by atoms with van der Waals surface area (Å²) in [4.78, 5) is 15.5. The number of amides is 1. The summed E-state index contributed by atoms with van der Waals surface area (Å²) in [6.07, 6.45) is 9.45. The molecule has 158 valence electrons. The van der Waals surface area contributed by atoms with Crippen molar-refractivity contribution in [3.05, 3.63) is 24.3 Å². The fourth-order valence-corrected chi connectivity index (χ4v) is 5.61. The maximum absolute atomic E-state index is 12.2. The first kappa shape index (κ1) is 19.6. The molecule has 3 aliphatic carbocycles. The summed E-state index contributed by atoms with van der Waals surface area (Å²) in [5.74, 6) is 3.43. The van der Waals surface area contributed by atoms with Crippen LogP contribution in [0.25, 0.3) is 0 Å². The number of hydrogen-bond donors (Lipinski definition) is 0. The minimum absolute atomic E-state index is 0.0919. The number of hydrogen-bond acceptors (Lipinski definition) is 4. The van der Waals surface area contributed by atoms with Gasteiger partial charge in [0.15, 0.2) is 0 Å². The Labute approximate surface area is 178 Å². The van der Waals surface area contributed by atoms with Gasteiger partial charge in [-0.15, -0.1) is 11.8 Å². The second kappa shape index (κ2) is 8.05. The Kier molecular flexibility index (Phi) is 5.44. The fraction of sp³-hybridized carbons (Fsp3) is 0.708. The van der Waals surface area contributed by atoms with Gasteiger partial charge in [-0.2, -0.15) is 0 Å². The van der Waals surface area contributed by atoms with Crippen LogP contribution >= 0.6 is 11.8 Å². The molecular weight excluding hydrogens is 382 g/mol. The highest BCUT2D eigenvalue weighted by Crippen LogP contribution is 2.50. The van der Waals surface area contributed by atoms with Crippen molar-refractivity contribution in [2.75, 3.05) is 19.7 Å². The molecule has 4 aliphatic rings. The van der Waals surface area contributed by atoms with E-state index < -0.39 is 0 Å². The average molecular weight is 416 g/mol. The third-order valence-electron chi connectivity index (χ3n) is 7.08. The zero-order chi connectivity index (χ0) is 19.8. The second-order valence-electron chi connectivity index (χ2n) is 9.73. The number of rotatable bonds is 8. The van der Waals surface area contributed by atoms with Gasteiger partial charge in [-0.05, 0) is 100 Å². The molecule has 1 amide bonds. The molecule has 1 aromatic rings. The van der Waals surface area contributed by atoms with Crippen molar-refractivity contribution in [1.82, 2.24) is 4.90 Å². The zero-order valence-electron chi connectivity index (χ0n) is 17.5. The van der Waals surface area contributed by atoms with E-state index >= 15 is 0 Å². The Morgan fingerprint density at radius 3 is 2.52 bits per heavy atom. The van der Waals surface area contributed by atoms with Gasteiger partial charge in [-0.25, -0.2) is 4.79 Å². The molecule has 0 unspecified atom stereocenters. The fourth-order valence-electron chi connectivity index (χ4n) is 4.56. The van der Waals surface area contributed by atoms with Crippen molar-refractivity contribution in [3.8, 4) is 5.75 Å². The molecule has 29 heavy (non-hydrogen) atoms. The lowest BCUT2D eigenvalue weighted by molar-refractivity contribution is 0.0473. The highest BCUT2D eigenvalue weighted by atomic mass is 32.2. The number of carbonyl (C=O) groups is 1. The lowest BCUT2D eigenvalue weighted by atomic mass is 9.91. The second-order valence-corrected chi connectivity index (χ2v) is 11.1. The summed E-state index contributed by atoms with van der Waals surface area (Å²) in [5.41, 5.74) is -0.161. The van der Waals surface area contributed by atoms with Crippen LogP contribution in [0.3, 0.4) is 0 Å². The molecule has 3 saturated carbocycles. The van der Waals surface area contributed by atoms with Gasteiger partial charge in [0.05, 0.1) is 6.61 Å². The Morgan fingerprint density at radius 2 is 1.86 bits per heavy atom. The van der Waals surface area contributed by atoms with Crippen LogP contribution in [0, 0.1) is 17.8 Å². The first-order valence-corrected chi connectivity index (χ1v) is 12.3. The predicted octanol–water partition coefficient (Wildman–Crippen LogP) is 5.75. The number of carbonyl (C=O) groups excluding carboxylic acids is 1. The highest BCUT2D eigenvalue weighted by molar-refractivity contribution is 8.00. The molecule has 5 heteroatoms. The normalized spacial score (nSPS) is 28.1. The molecule has 1 aromatic carbocycles. The lowest BCUT2D eigenvalue weighted by Crippen LogP contribution is -2.40. The largest absolute Gasteiger partial charge is 0.494 e. The summed E-state index contributed by atoms with van der Waals surface area (Å²) < 4.78 is 11.6. The summed E-state index contributed by atoms with van der Waals surface area (Å²) in [7, 11) is 0. The van der Waals surface area contributed by atoms with Crippen LogP contribution in [0.15, 0.2) is 29.2 Å². The van der Waals surface area contributed by atoms with Crippen molar-refractivity contribution in [2.45, 2.75) is 74.0 Å². The molecule has 5 rings (SSSR count). The lowest BCUT2D eigenvalue weighted by Gasteiger charge is -2.32. The van der Waals surface area contributed by atoms with Crippen molar-refractivity contribution >= 4 is 17.9 Å². The molecule has 1 aliphatic heterocycles. The minimum atomic E-state index is -0.161. The molecule has 0 aromatic heterocycles. The van der Waals surface area contributed by atoms with Crippen LogP contribution in [-0.2, 0) is 4.74 Å². The molecule has 0 spiro atoms. The summed E-state index contributed by atoms with van der Waals surface area (Å²) in [5, 5.41) is 0.854. The van der Waals surface area contributed by atoms with Crippen LogP contribution in [0.1, 0.15) is 58.3 Å². The van der Waals surface area contributed by atoms with E-state index in [4.69, 9.17) is 9.47 Å². The maximum Gasteiger partial charge on any atom is 0.410 e. The van der Waals surface area contributed by atoms with E-state index in [-0.39, 0.29) is 11.7 Å². The van der Waals surface area contributed by atoms with Gasteiger partial charge in [-0.3, -0.25) is 0 Å². The molecule has 0 radical (unpaired) electrons. The van der Waals surface area contributed by atoms with E-state index in [0.717, 1.165) is 80.6 Å². The van der Waals surface area contributed by atoms with Gasteiger partial charge in [-0.1, -0.05) is 0 Å². The number of ether oxygens (including phenoxy) is 2. The number of thioether (sulfide) groups is 1. The van der Waals surface area contributed by atoms with Crippen molar-refractivity contribution in [1.29, 1.82) is 0 Å². The van der Waals surface area contributed by atoms with Gasteiger partial charge in [0.1, 0.15) is 11.4 Å². The quantitative estimate of drug-likeness (QED) is 0.542. The maximum atomic E-state index is 12.2. The van der Waals surface area contributed by atoms with Gasteiger partial charge in [0.2, 0.25) is 0 Å². The Hall–Kier alpha value is -1.36. The SMILES string of the molecule is CC1(OC(=O)N2CCC([C@H]3C[C@H]3CCOc3ccc(SC4CC4)cc3)CC2)CC1. The number of piperidine rings is 1. The Bertz CT molecular complexity index is 720. The third kappa shape index (κ3) is 5.22. The molecule has 4 fully saturated rings. The average Bonchev–Trinajstić information content (AvgIpc) is 3.59. The Morgan fingerprint density at radius 1 is 1.14 bits per heavy atom. The molecule has 1 saturated heterocycles. The van der Waals surface area contributed by atoms with E-state index in [0.29, 0.717) is 0 Å². The highest BCUT2D eigenvalue weighted by Gasteiger charge is 2.45. The van der Waals surface area contributed by atoms with Gasteiger partial charge in [0.25, 0.3) is 0 Å². The van der Waals surface area contributed by atoms with Gasteiger partial charge < -0.3 is 14.4 Å². The smallest absolute Gasteiger partial charge is 0.410 e. The number of likely N-dealkylation sites (tertiary alicyclic amines) is 1. The third-order valence-corrected chi connectivity index (χ3v) is 8.43. The van der Waals surface area contributed by atoms with Crippen molar-refractivity contribution in [2.24, 2.45) is 17.8 Å². The van der Waals surface area contributed by atoms with E-state index in [2.05, 4.69) is 24.3 Å². The molecule has 1 heterocycles. The number of nitrogens with zero attached hydrogens (tertiary/aromatic N) is 1. The molecule has 2 atom stereocenters. The molecule has 0 N–H and O–H groups in total. The van der Waals surface area contributed by atoms with Crippen LogP contribution in [0.2, 0.25) is 0 Å². The Balaban J connectivity index is 0.981. The van der Waals surface area contributed by atoms with E-state index in [9.17, 15) is 4.79 Å². The van der Waals surface area contributed by atoms with Crippen molar-refractivity contribution < 1.29 is 14.3 Å². The standard InChI is InChI=1S/C24H33NO3S/c1-24(11-12-24)28-23(26)25-13-8-17(9-14-25)22-16-18(22)10-15-27-19-2-4-20(5-3-19)29-21-6-7-21/h2-5,17-18,21-22H,6-16H2,1H3/t18-,22-/m1/s1. The summed E-state index contributed by atoms with van der Waals surface area (Å²) >= 11 is 1.99. The van der Waals surface area contributed by atoms with E-state index in [1.165, 1.54) is 24.2 Å². The van der Waals surface area contributed by atoms with Gasteiger partial charge >= 0.3 is 6.09 Å². The monoisotopic (exact) mass is 415 g/mol. The number of benzene rings is 1. The van der Waals surface area contributed by atoms with Crippen LogP contribution in [-0.4, -0.2) is 41.5 Å². The van der Waals surface area contributed by atoms with Gasteiger partial charge in [0, 0.05) is 23.2 Å². The minimum Gasteiger partial charge on any atom is -0.494 e. The zero-order valence-corrected chi connectivity index (χ0v) is 18.3. The summed E-state index contributed by atoms with van der Waals surface area (Å²) in [6, 6.07) is 8.62. The van der Waals surface area contributed by atoms with E-state index in [1.54, 1.807) is 0 Å². The summed E-state index contributed by atoms with van der Waals surface area (Å²) in [6.45, 7) is 4.59. The molecule has 0 bridgehead atoms. The van der Waals surface area contributed by atoms with E-state index in [1.807, 2.05) is 23.6 Å². The van der Waals surface area contributed by atoms with Crippen LogP contribution in [0.5, 0.6) is 5.75 Å². The molecular formula is C24H33NO3S. The predicted molar refractivity (Wildman–Crippen MR) is 115 cm³/mol.